The van der Waals surface area contributed by atoms with E-state index in [-0.39, 0.29) is 0 Å². The Morgan fingerprint density at radius 3 is 2.33 bits per heavy atom. The fourth-order valence-electron chi connectivity index (χ4n) is 0.0680. The van der Waals surface area contributed by atoms with Crippen LogP contribution in [0.1, 0.15) is 0 Å². The van der Waals surface area contributed by atoms with Gasteiger partial charge in [-0.05, 0) is 6.08 Å². The van der Waals surface area contributed by atoms with Crippen LogP contribution in [-0.2, 0) is 0 Å². The molecule has 0 rings (SSSR count). The Kier molecular flexibility index (Phi) is 2.13. The van der Waals surface area contributed by atoms with Crippen LogP contribution in [0.5, 0.6) is 0 Å². The molecule has 2 N–H and O–H groups in total. The molecule has 34 valence electrons. The molecule has 0 atom stereocenters. The van der Waals surface area contributed by atoms with Crippen LogP contribution in [0.2, 0.25) is 0 Å². The summed E-state index contributed by atoms with van der Waals surface area (Å²) in [7, 11) is 0. The zero-order chi connectivity index (χ0) is 4.99. The lowest BCUT2D eigenvalue weighted by atomic mass is 10.6. The lowest BCUT2D eigenvalue weighted by Gasteiger charge is -1.73. The van der Waals surface area contributed by atoms with Crippen molar-refractivity contribution in [3.05, 3.63) is 24.7 Å². The topological polar surface area (TPSA) is 26.0 Å². The van der Waals surface area contributed by atoms with Gasteiger partial charge in [0.2, 0.25) is 0 Å². The first-order chi connectivity index (χ1) is 2.81. The van der Waals surface area contributed by atoms with Crippen molar-refractivity contribution in [1.82, 2.24) is 0 Å². The zero-order valence-corrected chi connectivity index (χ0v) is 3.32. The molecule has 1 nitrogen and oxygen atoms in total. The van der Waals surface area contributed by atoms with Crippen molar-refractivity contribution in [3.63, 3.8) is 0 Å². The van der Waals surface area contributed by atoms with Crippen molar-refractivity contribution in [1.29, 1.82) is 0 Å². The van der Waals surface area contributed by atoms with E-state index in [4.69, 9.17) is 0 Å². The molecule has 0 aliphatic carbocycles. The summed E-state index contributed by atoms with van der Waals surface area (Å²) >= 11 is 0. The molecule has 2 heteroatoms. The van der Waals surface area contributed by atoms with Gasteiger partial charge in [0.1, 0.15) is 5.83 Å². The Morgan fingerprint density at radius 2 is 2.33 bits per heavy atom. The molecule has 0 saturated carbocycles. The van der Waals surface area contributed by atoms with Crippen molar-refractivity contribution in [2.45, 2.75) is 0 Å². The highest BCUT2D eigenvalue weighted by Gasteiger charge is 1.73. The summed E-state index contributed by atoms with van der Waals surface area (Å²) in [5, 5.41) is 0. The molecule has 0 bridgehead atoms. The maximum absolute atomic E-state index is 11.5. The molecule has 0 amide bonds. The van der Waals surface area contributed by atoms with Crippen LogP contribution >= 0.6 is 0 Å². The molecule has 0 aromatic carbocycles. The molecule has 0 aromatic rings. The Hall–Kier alpha value is -0.790. The number of hydrogen-bond donors (Lipinski definition) is 1. The first kappa shape index (κ1) is 5.21. The second-order valence-electron chi connectivity index (χ2n) is 0.756. The van der Waals surface area contributed by atoms with Gasteiger partial charge >= 0.3 is 0 Å². The minimum absolute atomic E-state index is 0.491. The second-order valence-corrected chi connectivity index (χ2v) is 0.756. The van der Waals surface area contributed by atoms with E-state index in [0.29, 0.717) is 0 Å². The third-order valence-electron chi connectivity index (χ3n) is 0.354. The first-order valence-corrected chi connectivity index (χ1v) is 1.51. The molecule has 0 unspecified atom stereocenters. The fraction of sp³-hybridized carbons (Fsp3) is 0. The van der Waals surface area contributed by atoms with Crippen molar-refractivity contribution in [3.8, 4) is 0 Å². The van der Waals surface area contributed by atoms with Crippen LogP contribution < -0.4 is 5.73 Å². The summed E-state index contributed by atoms with van der Waals surface area (Å²) < 4.78 is 11.5. The maximum Gasteiger partial charge on any atom is 0.138 e. The van der Waals surface area contributed by atoms with Gasteiger partial charge in [-0.25, -0.2) is 4.39 Å². The van der Waals surface area contributed by atoms with Gasteiger partial charge in [0, 0.05) is 6.20 Å². The zero-order valence-electron chi connectivity index (χ0n) is 3.32. The molecule has 0 aliphatic heterocycles. The largest absolute Gasteiger partial charge is 0.402 e. The van der Waals surface area contributed by atoms with Crippen LogP contribution in [0, 0.1) is 0 Å². The van der Waals surface area contributed by atoms with E-state index in [1.54, 1.807) is 0 Å². The molecule has 6 heavy (non-hydrogen) atoms. The molecule has 0 radical (unpaired) electrons. The summed E-state index contributed by atoms with van der Waals surface area (Å²) in [5.41, 5.74) is 4.67. The van der Waals surface area contributed by atoms with Crippen LogP contribution in [0.4, 0.5) is 4.39 Å². The number of allylic oxidation sites excluding steroid dienone is 2. The van der Waals surface area contributed by atoms with E-state index in [1.807, 2.05) is 0 Å². The third-order valence-corrected chi connectivity index (χ3v) is 0.354. The Bertz CT molecular complexity index is 75.6. The summed E-state index contributed by atoms with van der Waals surface area (Å²) in [6.07, 6.45) is 1.90. The molecular formula is C4H6FN. The molecular weight excluding hydrogens is 81.0 g/mol. The highest BCUT2D eigenvalue weighted by Crippen LogP contribution is 1.89. The molecule has 0 saturated heterocycles. The predicted molar refractivity (Wildman–Crippen MR) is 23.6 cm³/mol. The lowest BCUT2D eigenvalue weighted by molar-refractivity contribution is 0.664. The van der Waals surface area contributed by atoms with E-state index in [0.717, 1.165) is 12.3 Å². The van der Waals surface area contributed by atoms with E-state index in [1.165, 1.54) is 0 Å². The molecule has 0 aromatic heterocycles. The Labute approximate surface area is 36.0 Å². The summed E-state index contributed by atoms with van der Waals surface area (Å²) in [5.74, 6) is -0.491. The highest BCUT2D eigenvalue weighted by molar-refractivity contribution is 5.04. The first-order valence-electron chi connectivity index (χ1n) is 1.51. The van der Waals surface area contributed by atoms with Gasteiger partial charge in [0.25, 0.3) is 0 Å². The van der Waals surface area contributed by atoms with Crippen LogP contribution in [0.3, 0.4) is 0 Å². The molecule has 0 fully saturated rings. The smallest absolute Gasteiger partial charge is 0.138 e. The van der Waals surface area contributed by atoms with Gasteiger partial charge in [-0.3, -0.25) is 0 Å². The Morgan fingerprint density at radius 1 is 1.83 bits per heavy atom. The average Bonchev–Trinajstić information content (AvgIpc) is 1.65. The van der Waals surface area contributed by atoms with E-state index >= 15 is 0 Å². The van der Waals surface area contributed by atoms with Crippen molar-refractivity contribution < 1.29 is 4.39 Å². The number of hydrogen-bond acceptors (Lipinski definition) is 1. The van der Waals surface area contributed by atoms with Crippen LogP contribution in [0.25, 0.3) is 0 Å². The summed E-state index contributed by atoms with van der Waals surface area (Å²) in [4.78, 5) is 0. The number of halogens is 1. The van der Waals surface area contributed by atoms with Crippen LogP contribution in [0.15, 0.2) is 24.7 Å². The predicted octanol–water partition coefficient (Wildman–Crippen LogP) is 0.942. The molecule has 0 spiro atoms. The van der Waals surface area contributed by atoms with E-state index in [2.05, 4.69) is 12.3 Å². The van der Waals surface area contributed by atoms with Gasteiger partial charge < -0.3 is 5.73 Å². The standard InChI is InChI=1S/C4H6FN/c1-2-4(5)3-6/h2-3H,1,6H2/b4-3+. The maximum atomic E-state index is 11.5. The lowest BCUT2D eigenvalue weighted by Crippen LogP contribution is -1.76. The minimum Gasteiger partial charge on any atom is -0.402 e. The van der Waals surface area contributed by atoms with Gasteiger partial charge in [-0.2, -0.15) is 0 Å². The van der Waals surface area contributed by atoms with Crippen molar-refractivity contribution in [2.24, 2.45) is 5.73 Å². The van der Waals surface area contributed by atoms with Gasteiger partial charge in [0.15, 0.2) is 0 Å². The van der Waals surface area contributed by atoms with Gasteiger partial charge in [-0.15, -0.1) is 0 Å². The normalized spacial score (nSPS) is 11.2. The summed E-state index contributed by atoms with van der Waals surface area (Å²) in [6, 6.07) is 0. The Balaban J connectivity index is 3.50. The van der Waals surface area contributed by atoms with Crippen molar-refractivity contribution in [2.75, 3.05) is 0 Å². The molecule has 0 aliphatic rings. The summed E-state index contributed by atoms with van der Waals surface area (Å²) in [6.45, 7) is 3.11. The van der Waals surface area contributed by atoms with Crippen LogP contribution in [-0.4, -0.2) is 0 Å². The third kappa shape index (κ3) is 1.52. The minimum atomic E-state index is -0.491. The highest BCUT2D eigenvalue weighted by atomic mass is 19.1. The quantitative estimate of drug-likeness (QED) is 0.473. The van der Waals surface area contributed by atoms with E-state index in [9.17, 15) is 4.39 Å². The van der Waals surface area contributed by atoms with Gasteiger partial charge in [-0.1, -0.05) is 6.58 Å². The number of rotatable bonds is 1. The van der Waals surface area contributed by atoms with Gasteiger partial charge in [0.05, 0.1) is 0 Å². The SMILES string of the molecule is C=C/C(F)=C\N. The second kappa shape index (κ2) is 2.45. The van der Waals surface area contributed by atoms with E-state index < -0.39 is 5.83 Å². The average molecular weight is 87.1 g/mol. The fourth-order valence-corrected chi connectivity index (χ4v) is 0.0680. The monoisotopic (exact) mass is 87.0 g/mol. The van der Waals surface area contributed by atoms with Crippen molar-refractivity contribution >= 4 is 0 Å². The number of nitrogens with two attached hydrogens (primary N) is 1. The molecule has 0 heterocycles.